The van der Waals surface area contributed by atoms with Gasteiger partial charge in [-0.3, -0.25) is 0 Å². The number of fused-ring (bicyclic) bond motifs is 1. The lowest BCUT2D eigenvalue weighted by Crippen LogP contribution is -2.05. The largest absolute Gasteiger partial charge is 0.382 e. The molecule has 0 aliphatic rings. The summed E-state index contributed by atoms with van der Waals surface area (Å²) in [6.07, 6.45) is 1.79. The first-order chi connectivity index (χ1) is 9.93. The second-order valence-corrected chi connectivity index (χ2v) is 5.53. The Morgan fingerprint density at radius 3 is 2.65 bits per heavy atom. The molecule has 0 saturated carbocycles. The van der Waals surface area contributed by atoms with Crippen molar-refractivity contribution in [1.29, 1.82) is 0 Å². The molecule has 3 aromatic rings. The van der Waals surface area contributed by atoms with E-state index in [-0.39, 0.29) is 0 Å². The molecule has 100 valence electrons. The van der Waals surface area contributed by atoms with Crippen LogP contribution in [0.4, 0.5) is 5.69 Å². The van der Waals surface area contributed by atoms with Crippen LogP contribution in [0.3, 0.4) is 0 Å². The zero-order valence-corrected chi connectivity index (χ0v) is 11.8. The van der Waals surface area contributed by atoms with E-state index in [1.165, 1.54) is 4.90 Å². The fourth-order valence-corrected chi connectivity index (χ4v) is 2.81. The molecule has 4 heteroatoms. The SMILES string of the molecule is c1ccc(SCCNc2cnnc3ccccc23)cc1. The Kier molecular flexibility index (Phi) is 4.13. The zero-order chi connectivity index (χ0) is 13.6. The highest BCUT2D eigenvalue weighted by Gasteiger charge is 2.01. The number of thioether (sulfide) groups is 1. The first kappa shape index (κ1) is 12.9. The maximum atomic E-state index is 4.12. The minimum atomic E-state index is 0.898. The second-order valence-electron chi connectivity index (χ2n) is 4.36. The maximum Gasteiger partial charge on any atom is 0.0950 e. The molecule has 1 aromatic heterocycles. The van der Waals surface area contributed by atoms with Crippen molar-refractivity contribution in [3.05, 3.63) is 60.8 Å². The Balaban J connectivity index is 1.60. The summed E-state index contributed by atoms with van der Waals surface area (Å²) in [4.78, 5) is 1.30. The first-order valence-electron chi connectivity index (χ1n) is 6.55. The van der Waals surface area contributed by atoms with Crippen molar-refractivity contribution in [2.24, 2.45) is 0 Å². The molecule has 3 nitrogen and oxygen atoms in total. The molecule has 2 aromatic carbocycles. The van der Waals surface area contributed by atoms with E-state index < -0.39 is 0 Å². The van der Waals surface area contributed by atoms with E-state index in [1.54, 1.807) is 6.20 Å². The number of rotatable bonds is 5. The molecule has 0 atom stereocenters. The van der Waals surface area contributed by atoms with Crippen LogP contribution < -0.4 is 5.32 Å². The van der Waals surface area contributed by atoms with Crippen LogP contribution in [0.2, 0.25) is 0 Å². The minimum absolute atomic E-state index is 0.898. The van der Waals surface area contributed by atoms with Crippen LogP contribution >= 0.6 is 11.8 Å². The molecule has 0 aliphatic carbocycles. The van der Waals surface area contributed by atoms with E-state index in [2.05, 4.69) is 45.8 Å². The summed E-state index contributed by atoms with van der Waals surface area (Å²) in [6, 6.07) is 18.5. The number of hydrogen-bond acceptors (Lipinski definition) is 4. The summed E-state index contributed by atoms with van der Waals surface area (Å²) >= 11 is 1.85. The molecule has 20 heavy (non-hydrogen) atoms. The second kappa shape index (κ2) is 6.39. The van der Waals surface area contributed by atoms with Crippen LogP contribution in [-0.4, -0.2) is 22.5 Å². The van der Waals surface area contributed by atoms with Crippen LogP contribution in [0.15, 0.2) is 65.7 Å². The Bertz CT molecular complexity index is 680. The van der Waals surface area contributed by atoms with Gasteiger partial charge in [0.15, 0.2) is 0 Å². The highest BCUT2D eigenvalue weighted by molar-refractivity contribution is 7.99. The summed E-state index contributed by atoms with van der Waals surface area (Å²) in [6.45, 7) is 0.898. The number of aromatic nitrogens is 2. The molecular formula is C16H15N3S. The van der Waals surface area contributed by atoms with Gasteiger partial charge in [0.2, 0.25) is 0 Å². The van der Waals surface area contributed by atoms with Gasteiger partial charge in [-0.1, -0.05) is 36.4 Å². The first-order valence-corrected chi connectivity index (χ1v) is 7.54. The summed E-state index contributed by atoms with van der Waals surface area (Å²) in [5.74, 6) is 1.01. The Hall–Kier alpha value is -2.07. The van der Waals surface area contributed by atoms with Crippen molar-refractivity contribution in [2.75, 3.05) is 17.6 Å². The van der Waals surface area contributed by atoms with Crippen molar-refractivity contribution < 1.29 is 0 Å². The minimum Gasteiger partial charge on any atom is -0.382 e. The maximum absolute atomic E-state index is 4.12. The van der Waals surface area contributed by atoms with E-state index in [4.69, 9.17) is 0 Å². The monoisotopic (exact) mass is 281 g/mol. The quantitative estimate of drug-likeness (QED) is 0.569. The Morgan fingerprint density at radius 2 is 1.75 bits per heavy atom. The van der Waals surface area contributed by atoms with Crippen molar-refractivity contribution in [2.45, 2.75) is 4.90 Å². The lowest BCUT2D eigenvalue weighted by molar-refractivity contribution is 1.07. The normalized spacial score (nSPS) is 10.6. The lowest BCUT2D eigenvalue weighted by Gasteiger charge is -2.08. The van der Waals surface area contributed by atoms with Crippen LogP contribution in [0.1, 0.15) is 0 Å². The molecule has 0 spiro atoms. The van der Waals surface area contributed by atoms with Gasteiger partial charge in [-0.15, -0.1) is 11.8 Å². The average molecular weight is 281 g/mol. The Labute approximate surface area is 122 Å². The van der Waals surface area contributed by atoms with E-state index in [0.29, 0.717) is 0 Å². The third kappa shape index (κ3) is 3.08. The molecule has 0 aliphatic heterocycles. The van der Waals surface area contributed by atoms with Gasteiger partial charge >= 0.3 is 0 Å². The summed E-state index contributed by atoms with van der Waals surface area (Å²) in [7, 11) is 0. The van der Waals surface area contributed by atoms with E-state index >= 15 is 0 Å². The van der Waals surface area contributed by atoms with Crippen LogP contribution in [0.25, 0.3) is 10.9 Å². The number of hydrogen-bond donors (Lipinski definition) is 1. The fourth-order valence-electron chi connectivity index (χ4n) is 2.02. The highest BCUT2D eigenvalue weighted by atomic mass is 32.2. The Morgan fingerprint density at radius 1 is 0.950 bits per heavy atom. The van der Waals surface area contributed by atoms with E-state index in [9.17, 15) is 0 Å². The van der Waals surface area contributed by atoms with Gasteiger partial charge in [-0.05, 0) is 18.2 Å². The molecule has 0 unspecified atom stereocenters. The highest BCUT2D eigenvalue weighted by Crippen LogP contribution is 2.21. The molecule has 0 bridgehead atoms. The van der Waals surface area contributed by atoms with Gasteiger partial charge in [-0.2, -0.15) is 10.2 Å². The van der Waals surface area contributed by atoms with Gasteiger partial charge in [0, 0.05) is 22.6 Å². The molecule has 1 heterocycles. The number of anilines is 1. The average Bonchev–Trinajstić information content (AvgIpc) is 2.53. The predicted molar refractivity (Wildman–Crippen MR) is 85.2 cm³/mol. The number of benzene rings is 2. The molecule has 0 amide bonds. The molecule has 0 saturated heterocycles. The molecule has 0 fully saturated rings. The molecule has 1 N–H and O–H groups in total. The standard InChI is InChI=1S/C16H15N3S/c1-2-6-13(7-3-1)20-11-10-17-16-12-18-19-15-9-5-4-8-14(15)16/h1-9,12H,10-11H2,(H,17,19). The lowest BCUT2D eigenvalue weighted by atomic mass is 10.2. The smallest absolute Gasteiger partial charge is 0.0950 e. The van der Waals surface area contributed by atoms with E-state index in [1.807, 2.05) is 36.0 Å². The van der Waals surface area contributed by atoms with Gasteiger partial charge in [0.25, 0.3) is 0 Å². The van der Waals surface area contributed by atoms with Crippen LogP contribution in [0.5, 0.6) is 0 Å². The van der Waals surface area contributed by atoms with Gasteiger partial charge < -0.3 is 5.32 Å². The number of nitrogens with one attached hydrogen (secondary N) is 1. The van der Waals surface area contributed by atoms with E-state index in [0.717, 1.165) is 28.9 Å². The zero-order valence-electron chi connectivity index (χ0n) is 11.0. The third-order valence-corrected chi connectivity index (χ3v) is 3.99. The van der Waals surface area contributed by atoms with Crippen molar-refractivity contribution in [1.82, 2.24) is 10.2 Å². The molecule has 3 rings (SSSR count). The van der Waals surface area contributed by atoms with Gasteiger partial charge in [0.1, 0.15) is 0 Å². The number of nitrogens with zero attached hydrogens (tertiary/aromatic N) is 2. The summed E-state index contributed by atoms with van der Waals surface area (Å²) in [5, 5.41) is 12.7. The van der Waals surface area contributed by atoms with Crippen molar-refractivity contribution in [3.8, 4) is 0 Å². The molecule has 0 radical (unpaired) electrons. The van der Waals surface area contributed by atoms with Crippen LogP contribution in [-0.2, 0) is 0 Å². The fraction of sp³-hybridized carbons (Fsp3) is 0.125. The molecular weight excluding hydrogens is 266 g/mol. The van der Waals surface area contributed by atoms with Crippen molar-refractivity contribution in [3.63, 3.8) is 0 Å². The van der Waals surface area contributed by atoms with Gasteiger partial charge in [-0.25, -0.2) is 0 Å². The predicted octanol–water partition coefficient (Wildman–Crippen LogP) is 3.83. The third-order valence-electron chi connectivity index (χ3n) is 2.98. The van der Waals surface area contributed by atoms with Crippen molar-refractivity contribution >= 4 is 28.4 Å². The summed E-state index contributed by atoms with van der Waals surface area (Å²) in [5.41, 5.74) is 1.97. The topological polar surface area (TPSA) is 37.8 Å². The van der Waals surface area contributed by atoms with Gasteiger partial charge in [0.05, 0.1) is 17.4 Å². The summed E-state index contributed by atoms with van der Waals surface area (Å²) < 4.78 is 0. The van der Waals surface area contributed by atoms with Crippen LogP contribution in [0, 0.1) is 0 Å².